The lowest BCUT2D eigenvalue weighted by molar-refractivity contribution is -0.150. The molecule has 1 aliphatic carbocycles. The van der Waals surface area contributed by atoms with Crippen molar-refractivity contribution < 1.29 is 18.3 Å². The fourth-order valence-corrected chi connectivity index (χ4v) is 2.77. The molecular weight excluding hydrogens is 244 g/mol. The number of nitrogens with zero attached hydrogens (tertiary/aromatic N) is 1. The van der Waals surface area contributed by atoms with Gasteiger partial charge in [0.15, 0.2) is 0 Å². The second-order valence-electron chi connectivity index (χ2n) is 4.75. The van der Waals surface area contributed by atoms with Gasteiger partial charge in [-0.05, 0) is 12.8 Å². The molecule has 6 nitrogen and oxygen atoms in total. The third-order valence-electron chi connectivity index (χ3n) is 3.34. The molecule has 0 unspecified atom stereocenters. The normalized spacial score (nSPS) is 20.4. The Morgan fingerprint density at radius 1 is 1.29 bits per heavy atom. The third-order valence-corrected chi connectivity index (χ3v) is 4.81. The van der Waals surface area contributed by atoms with Gasteiger partial charge in [0, 0.05) is 20.6 Å². The number of rotatable bonds is 5. The fourth-order valence-electron chi connectivity index (χ4n) is 2.05. The summed E-state index contributed by atoms with van der Waals surface area (Å²) in [5.74, 6) is -0.904. The number of nitrogens with one attached hydrogen (secondary N) is 1. The molecule has 0 aromatic heterocycles. The van der Waals surface area contributed by atoms with Crippen molar-refractivity contribution in [3.63, 3.8) is 0 Å². The van der Waals surface area contributed by atoms with Gasteiger partial charge in [-0.2, -0.15) is 12.7 Å². The lowest BCUT2D eigenvalue weighted by atomic mass is 9.74. The van der Waals surface area contributed by atoms with Crippen LogP contribution in [0.25, 0.3) is 0 Å². The first-order valence-corrected chi connectivity index (χ1v) is 7.15. The van der Waals surface area contributed by atoms with Crippen molar-refractivity contribution in [3.8, 4) is 0 Å². The summed E-state index contributed by atoms with van der Waals surface area (Å²) < 4.78 is 26.5. The zero-order valence-corrected chi connectivity index (χ0v) is 11.1. The monoisotopic (exact) mass is 264 g/mol. The highest BCUT2D eigenvalue weighted by Crippen LogP contribution is 2.36. The lowest BCUT2D eigenvalue weighted by Crippen LogP contribution is -2.47. The molecule has 0 saturated heterocycles. The molecule has 0 aromatic carbocycles. The average Bonchev–Trinajstić information content (AvgIpc) is 2.27. The minimum atomic E-state index is -3.55. The van der Waals surface area contributed by atoms with Gasteiger partial charge < -0.3 is 5.11 Å². The number of carbonyl (C=O) groups is 1. The van der Waals surface area contributed by atoms with Gasteiger partial charge in [-0.15, -0.1) is 0 Å². The Labute approximate surface area is 102 Å². The van der Waals surface area contributed by atoms with E-state index in [9.17, 15) is 18.3 Å². The van der Waals surface area contributed by atoms with E-state index in [2.05, 4.69) is 4.72 Å². The molecule has 100 valence electrons. The van der Waals surface area contributed by atoms with Gasteiger partial charge in [0.1, 0.15) is 0 Å². The average molecular weight is 264 g/mol. The van der Waals surface area contributed by atoms with E-state index in [0.29, 0.717) is 12.8 Å². The Kier molecular flexibility index (Phi) is 4.51. The van der Waals surface area contributed by atoms with Crippen molar-refractivity contribution in [3.05, 3.63) is 0 Å². The first-order chi connectivity index (χ1) is 7.80. The van der Waals surface area contributed by atoms with Crippen LogP contribution in [-0.4, -0.2) is 44.4 Å². The van der Waals surface area contributed by atoms with Gasteiger partial charge in [-0.25, -0.2) is 4.72 Å². The summed E-state index contributed by atoms with van der Waals surface area (Å²) in [7, 11) is -0.723. The van der Waals surface area contributed by atoms with Gasteiger partial charge in [0.2, 0.25) is 0 Å². The van der Waals surface area contributed by atoms with Crippen LogP contribution in [0.2, 0.25) is 0 Å². The third kappa shape index (κ3) is 3.40. The lowest BCUT2D eigenvalue weighted by Gasteiger charge is -2.33. The molecule has 0 spiro atoms. The molecule has 1 aliphatic rings. The van der Waals surface area contributed by atoms with Gasteiger partial charge in [-0.3, -0.25) is 4.79 Å². The first-order valence-electron chi connectivity index (χ1n) is 5.71. The Morgan fingerprint density at radius 3 is 2.24 bits per heavy atom. The topological polar surface area (TPSA) is 86.7 Å². The van der Waals surface area contributed by atoms with Crippen LogP contribution in [0.15, 0.2) is 0 Å². The van der Waals surface area contributed by atoms with E-state index in [0.717, 1.165) is 23.6 Å². The molecule has 7 heteroatoms. The minimum absolute atomic E-state index is 0.0250. The van der Waals surface area contributed by atoms with Crippen LogP contribution in [0.5, 0.6) is 0 Å². The molecule has 1 fully saturated rings. The summed E-state index contributed by atoms with van der Waals surface area (Å²) in [6, 6.07) is 0. The number of hydrogen-bond acceptors (Lipinski definition) is 3. The van der Waals surface area contributed by atoms with Gasteiger partial charge in [0.25, 0.3) is 10.2 Å². The summed E-state index contributed by atoms with van der Waals surface area (Å²) in [5.41, 5.74) is -0.929. The van der Waals surface area contributed by atoms with Crippen molar-refractivity contribution in [2.24, 2.45) is 5.41 Å². The Hall–Kier alpha value is -0.660. The zero-order valence-electron chi connectivity index (χ0n) is 10.3. The summed E-state index contributed by atoms with van der Waals surface area (Å²) >= 11 is 0. The van der Waals surface area contributed by atoms with Crippen LogP contribution < -0.4 is 4.72 Å². The van der Waals surface area contributed by atoms with Gasteiger partial charge in [-0.1, -0.05) is 19.3 Å². The minimum Gasteiger partial charge on any atom is -0.481 e. The molecule has 0 amide bonds. The Morgan fingerprint density at radius 2 is 1.82 bits per heavy atom. The number of carboxylic acids is 1. The largest absolute Gasteiger partial charge is 0.481 e. The molecule has 2 N–H and O–H groups in total. The van der Waals surface area contributed by atoms with Gasteiger partial charge in [0.05, 0.1) is 5.41 Å². The quantitative estimate of drug-likeness (QED) is 0.753. The number of hydrogen-bond donors (Lipinski definition) is 2. The molecule has 0 bridgehead atoms. The van der Waals surface area contributed by atoms with Crippen LogP contribution in [0.4, 0.5) is 0 Å². The van der Waals surface area contributed by atoms with Crippen LogP contribution in [0.3, 0.4) is 0 Å². The van der Waals surface area contributed by atoms with E-state index in [4.69, 9.17) is 0 Å². The van der Waals surface area contributed by atoms with E-state index in [1.54, 1.807) is 0 Å². The molecule has 1 saturated carbocycles. The maximum absolute atomic E-state index is 11.6. The molecular formula is C10H20N2O4S. The Balaban J connectivity index is 2.72. The number of aliphatic carboxylic acids is 1. The van der Waals surface area contributed by atoms with Crippen molar-refractivity contribution in [2.75, 3.05) is 20.6 Å². The van der Waals surface area contributed by atoms with E-state index in [1.165, 1.54) is 14.1 Å². The predicted molar refractivity (Wildman–Crippen MR) is 63.8 cm³/mol. The van der Waals surface area contributed by atoms with Crippen molar-refractivity contribution in [1.82, 2.24) is 9.03 Å². The molecule has 0 heterocycles. The summed E-state index contributed by atoms with van der Waals surface area (Å²) in [5, 5.41) is 9.28. The molecule has 0 aromatic rings. The van der Waals surface area contributed by atoms with E-state index < -0.39 is 21.6 Å². The Bertz CT molecular complexity index is 372. The van der Waals surface area contributed by atoms with E-state index >= 15 is 0 Å². The maximum atomic E-state index is 11.6. The van der Waals surface area contributed by atoms with Gasteiger partial charge >= 0.3 is 5.97 Å². The van der Waals surface area contributed by atoms with E-state index in [1.807, 2.05) is 0 Å². The second-order valence-corrected chi connectivity index (χ2v) is 6.72. The summed E-state index contributed by atoms with van der Waals surface area (Å²) in [6.45, 7) is -0.0250. The van der Waals surface area contributed by atoms with Crippen molar-refractivity contribution in [2.45, 2.75) is 32.1 Å². The summed E-state index contributed by atoms with van der Waals surface area (Å²) in [6.07, 6.45) is 3.79. The molecule has 17 heavy (non-hydrogen) atoms. The number of carboxylic acid groups (broad SMARTS) is 1. The molecule has 0 aliphatic heterocycles. The highest BCUT2D eigenvalue weighted by atomic mass is 32.2. The molecule has 1 rings (SSSR count). The zero-order chi connectivity index (χ0) is 13.1. The van der Waals surface area contributed by atoms with Crippen LogP contribution in [-0.2, 0) is 15.0 Å². The van der Waals surface area contributed by atoms with Crippen molar-refractivity contribution in [1.29, 1.82) is 0 Å². The maximum Gasteiger partial charge on any atom is 0.310 e. The highest BCUT2D eigenvalue weighted by molar-refractivity contribution is 7.87. The fraction of sp³-hybridized carbons (Fsp3) is 0.900. The highest BCUT2D eigenvalue weighted by Gasteiger charge is 2.40. The standard InChI is InChI=1S/C10H20N2O4S/c1-12(2)17(15,16)11-8-10(9(13)14)6-4-3-5-7-10/h11H,3-8H2,1-2H3,(H,13,14). The SMILES string of the molecule is CN(C)S(=O)(=O)NCC1(C(=O)O)CCCCC1. The van der Waals surface area contributed by atoms with E-state index in [-0.39, 0.29) is 6.54 Å². The van der Waals surface area contributed by atoms with Crippen LogP contribution >= 0.6 is 0 Å². The van der Waals surface area contributed by atoms with Crippen LogP contribution in [0, 0.1) is 5.41 Å². The second kappa shape index (κ2) is 5.32. The molecule has 0 radical (unpaired) electrons. The first kappa shape index (κ1) is 14.4. The van der Waals surface area contributed by atoms with Crippen LogP contribution in [0.1, 0.15) is 32.1 Å². The predicted octanol–water partition coefficient (Wildman–Crippen LogP) is 0.417. The smallest absolute Gasteiger partial charge is 0.310 e. The van der Waals surface area contributed by atoms with Crippen molar-refractivity contribution >= 4 is 16.2 Å². The molecule has 0 atom stereocenters. The summed E-state index contributed by atoms with van der Waals surface area (Å²) in [4.78, 5) is 11.3.